The molecule has 0 saturated heterocycles. The largest absolute Gasteiger partial charge is 0.481 e. The van der Waals surface area contributed by atoms with E-state index in [9.17, 15) is 4.79 Å². The van der Waals surface area contributed by atoms with Gasteiger partial charge in [0.15, 0.2) is 11.9 Å². The molecule has 1 atom stereocenters. The van der Waals surface area contributed by atoms with Crippen molar-refractivity contribution >= 4 is 11.7 Å². The topological polar surface area (TPSA) is 94.8 Å². The van der Waals surface area contributed by atoms with Gasteiger partial charge in [0.05, 0.1) is 0 Å². The predicted octanol–water partition coefficient (Wildman–Crippen LogP) is 2.08. The van der Waals surface area contributed by atoms with Crippen molar-refractivity contribution in [3.8, 4) is 11.6 Å². The number of ether oxygens (including phenoxy) is 1. The predicted molar refractivity (Wildman–Crippen MR) is 91.6 cm³/mol. The Bertz CT molecular complexity index is 879. The van der Waals surface area contributed by atoms with E-state index in [-0.39, 0.29) is 5.91 Å². The molecule has 3 rings (SSSR count). The minimum atomic E-state index is -0.676. The number of aromatic nitrogens is 5. The second-order valence-electron chi connectivity index (χ2n) is 5.55. The van der Waals surface area contributed by atoms with Crippen LogP contribution in [0.3, 0.4) is 0 Å². The molecule has 0 aliphatic heterocycles. The van der Waals surface area contributed by atoms with Gasteiger partial charge in [-0.1, -0.05) is 12.1 Å². The smallest absolute Gasteiger partial charge is 0.266 e. The Kier molecular flexibility index (Phi) is 4.69. The van der Waals surface area contributed by atoms with Gasteiger partial charge in [0.1, 0.15) is 30.5 Å². The fourth-order valence-electron chi connectivity index (χ4n) is 2.19. The van der Waals surface area contributed by atoms with E-state index in [2.05, 4.69) is 25.4 Å². The highest BCUT2D eigenvalue weighted by atomic mass is 16.5. The average Bonchev–Trinajstić information content (AvgIpc) is 3.14. The number of aryl methyl sites for hydroxylation is 1. The maximum absolute atomic E-state index is 12.4. The molecule has 8 nitrogen and oxygen atoms in total. The molecular formula is C17H18N6O2. The normalized spacial score (nSPS) is 11.8. The first kappa shape index (κ1) is 16.6. The lowest BCUT2D eigenvalue weighted by atomic mass is 10.1. The zero-order valence-electron chi connectivity index (χ0n) is 14.2. The lowest BCUT2D eigenvalue weighted by molar-refractivity contribution is -0.122. The lowest BCUT2D eigenvalue weighted by Gasteiger charge is -2.17. The molecule has 0 fully saturated rings. The molecule has 0 saturated carbocycles. The second kappa shape index (κ2) is 7.08. The Balaban J connectivity index is 1.69. The molecule has 0 bridgehead atoms. The van der Waals surface area contributed by atoms with Crippen molar-refractivity contribution in [1.29, 1.82) is 0 Å². The van der Waals surface area contributed by atoms with E-state index in [1.807, 2.05) is 32.0 Å². The number of amides is 1. The molecule has 0 spiro atoms. The molecule has 2 aromatic heterocycles. The summed E-state index contributed by atoms with van der Waals surface area (Å²) in [6.07, 6.45) is 3.59. The van der Waals surface area contributed by atoms with Crippen molar-refractivity contribution in [2.75, 3.05) is 5.32 Å². The summed E-state index contributed by atoms with van der Waals surface area (Å²) in [6, 6.07) is 7.35. The number of hydrogen-bond acceptors (Lipinski definition) is 6. The third-order valence-corrected chi connectivity index (χ3v) is 3.79. The Morgan fingerprint density at radius 1 is 1.24 bits per heavy atom. The lowest BCUT2D eigenvalue weighted by Crippen LogP contribution is -2.30. The van der Waals surface area contributed by atoms with Gasteiger partial charge in [-0.25, -0.2) is 19.6 Å². The fourth-order valence-corrected chi connectivity index (χ4v) is 2.19. The van der Waals surface area contributed by atoms with Crippen LogP contribution in [0.4, 0.5) is 5.82 Å². The van der Waals surface area contributed by atoms with Crippen LogP contribution in [-0.4, -0.2) is 36.7 Å². The van der Waals surface area contributed by atoms with E-state index in [0.717, 1.165) is 11.1 Å². The fraction of sp³-hybridized carbons (Fsp3) is 0.235. The molecular weight excluding hydrogens is 320 g/mol. The van der Waals surface area contributed by atoms with Crippen LogP contribution in [0.15, 0.2) is 43.2 Å². The van der Waals surface area contributed by atoms with Gasteiger partial charge in [-0.15, -0.1) is 0 Å². The zero-order chi connectivity index (χ0) is 17.8. The van der Waals surface area contributed by atoms with Crippen molar-refractivity contribution in [3.05, 3.63) is 54.4 Å². The third kappa shape index (κ3) is 3.79. The van der Waals surface area contributed by atoms with Crippen LogP contribution in [-0.2, 0) is 4.79 Å². The van der Waals surface area contributed by atoms with Crippen LogP contribution in [0.1, 0.15) is 18.1 Å². The van der Waals surface area contributed by atoms with Gasteiger partial charge in [-0.3, -0.25) is 4.79 Å². The monoisotopic (exact) mass is 338 g/mol. The standard InChI is InChI=1S/C17H18N6O2/c1-11-5-4-6-14(12(11)2)25-13(3)17(24)22-15-7-16(20-9-19-15)23-10-18-8-21-23/h4-10,13H,1-3H3,(H,19,20,22,24). The van der Waals surface area contributed by atoms with Gasteiger partial charge >= 0.3 is 0 Å². The molecule has 8 heteroatoms. The molecule has 1 unspecified atom stereocenters. The van der Waals surface area contributed by atoms with Crippen LogP contribution in [0.25, 0.3) is 5.82 Å². The maximum Gasteiger partial charge on any atom is 0.266 e. The van der Waals surface area contributed by atoms with Crippen LogP contribution >= 0.6 is 0 Å². The Morgan fingerprint density at radius 3 is 2.84 bits per heavy atom. The first-order valence-corrected chi connectivity index (χ1v) is 7.75. The number of nitrogens with one attached hydrogen (secondary N) is 1. The van der Waals surface area contributed by atoms with Crippen LogP contribution in [0, 0.1) is 13.8 Å². The molecule has 0 aliphatic carbocycles. The highest BCUT2D eigenvalue weighted by molar-refractivity contribution is 5.93. The molecule has 1 amide bonds. The summed E-state index contributed by atoms with van der Waals surface area (Å²) in [4.78, 5) is 24.4. The summed E-state index contributed by atoms with van der Waals surface area (Å²) in [5.74, 6) is 1.26. The summed E-state index contributed by atoms with van der Waals surface area (Å²) in [5.41, 5.74) is 2.12. The second-order valence-corrected chi connectivity index (χ2v) is 5.55. The van der Waals surface area contributed by atoms with Gasteiger partial charge in [0.25, 0.3) is 5.91 Å². The number of carbonyl (C=O) groups is 1. The van der Waals surface area contributed by atoms with E-state index in [4.69, 9.17) is 4.74 Å². The highest BCUT2D eigenvalue weighted by Gasteiger charge is 2.17. The minimum Gasteiger partial charge on any atom is -0.481 e. The molecule has 0 radical (unpaired) electrons. The van der Waals surface area contributed by atoms with Crippen molar-refractivity contribution < 1.29 is 9.53 Å². The van der Waals surface area contributed by atoms with Crippen molar-refractivity contribution in [1.82, 2.24) is 24.7 Å². The van der Waals surface area contributed by atoms with Gasteiger partial charge < -0.3 is 10.1 Å². The van der Waals surface area contributed by atoms with Crippen LogP contribution < -0.4 is 10.1 Å². The SMILES string of the molecule is Cc1cccc(OC(C)C(=O)Nc2cc(-n3cncn3)ncn2)c1C. The van der Waals surface area contributed by atoms with Gasteiger partial charge in [0.2, 0.25) is 0 Å². The summed E-state index contributed by atoms with van der Waals surface area (Å²) in [7, 11) is 0. The Labute approximate surface area is 144 Å². The number of carbonyl (C=O) groups excluding carboxylic acids is 1. The molecule has 128 valence electrons. The van der Waals surface area contributed by atoms with E-state index in [1.165, 1.54) is 23.7 Å². The summed E-state index contributed by atoms with van der Waals surface area (Å²) >= 11 is 0. The third-order valence-electron chi connectivity index (χ3n) is 3.79. The zero-order valence-corrected chi connectivity index (χ0v) is 14.2. The van der Waals surface area contributed by atoms with E-state index in [1.54, 1.807) is 13.0 Å². The first-order chi connectivity index (χ1) is 12.0. The number of nitrogens with zero attached hydrogens (tertiary/aromatic N) is 5. The molecule has 0 aliphatic rings. The molecule has 1 aromatic carbocycles. The van der Waals surface area contributed by atoms with Gasteiger partial charge in [-0.2, -0.15) is 5.10 Å². The molecule has 2 heterocycles. The molecule has 25 heavy (non-hydrogen) atoms. The quantitative estimate of drug-likeness (QED) is 0.765. The summed E-state index contributed by atoms with van der Waals surface area (Å²) in [6.45, 7) is 5.65. The van der Waals surface area contributed by atoms with Crippen LogP contribution in [0.5, 0.6) is 5.75 Å². The number of benzene rings is 1. The van der Waals surface area contributed by atoms with Crippen molar-refractivity contribution in [3.63, 3.8) is 0 Å². The van der Waals surface area contributed by atoms with Crippen LogP contribution in [0.2, 0.25) is 0 Å². The molecule has 1 N–H and O–H groups in total. The van der Waals surface area contributed by atoms with E-state index in [0.29, 0.717) is 17.4 Å². The Hall–Kier alpha value is -3.29. The highest BCUT2D eigenvalue weighted by Crippen LogP contribution is 2.22. The number of hydrogen-bond donors (Lipinski definition) is 1. The maximum atomic E-state index is 12.4. The van der Waals surface area contributed by atoms with E-state index < -0.39 is 6.10 Å². The average molecular weight is 338 g/mol. The number of anilines is 1. The first-order valence-electron chi connectivity index (χ1n) is 7.75. The van der Waals surface area contributed by atoms with Gasteiger partial charge in [0, 0.05) is 6.07 Å². The van der Waals surface area contributed by atoms with Crippen molar-refractivity contribution in [2.24, 2.45) is 0 Å². The summed E-state index contributed by atoms with van der Waals surface area (Å²) in [5, 5.41) is 6.72. The van der Waals surface area contributed by atoms with E-state index >= 15 is 0 Å². The summed E-state index contributed by atoms with van der Waals surface area (Å²) < 4.78 is 7.26. The minimum absolute atomic E-state index is 0.302. The van der Waals surface area contributed by atoms with Gasteiger partial charge in [-0.05, 0) is 38.0 Å². The van der Waals surface area contributed by atoms with Crippen molar-refractivity contribution in [2.45, 2.75) is 26.9 Å². The molecule has 3 aromatic rings. The Morgan fingerprint density at radius 2 is 2.08 bits per heavy atom. The number of rotatable bonds is 5.